The molecular weight excluding hydrogens is 320 g/mol. The lowest BCUT2D eigenvalue weighted by atomic mass is 10.1. The fourth-order valence-electron chi connectivity index (χ4n) is 2.26. The van der Waals surface area contributed by atoms with E-state index < -0.39 is 0 Å². The van der Waals surface area contributed by atoms with Gasteiger partial charge < -0.3 is 37.4 Å². The van der Waals surface area contributed by atoms with E-state index in [2.05, 4.69) is 0 Å². The van der Waals surface area contributed by atoms with Gasteiger partial charge in [0.2, 0.25) is 0 Å². The maximum Gasteiger partial charge on any atom is 0.0606 e. The first-order valence-corrected chi connectivity index (χ1v) is 8.08. The van der Waals surface area contributed by atoms with Crippen LogP contribution in [0.25, 0.3) is 0 Å². The molecule has 0 saturated heterocycles. The average molecular weight is 348 g/mol. The number of aliphatic hydroxyl groups excluding tert-OH is 3. The third-order valence-corrected chi connectivity index (χ3v) is 3.55. The predicted octanol–water partition coefficient (Wildman–Crippen LogP) is 0.446. The molecular formula is C18H28N4O3. The average Bonchev–Trinajstić information content (AvgIpc) is 2.60. The van der Waals surface area contributed by atoms with Gasteiger partial charge in [-0.2, -0.15) is 0 Å². The molecule has 0 atom stereocenters. The highest BCUT2D eigenvalue weighted by Gasteiger charge is 2.04. The molecule has 0 saturated carbocycles. The van der Waals surface area contributed by atoms with E-state index >= 15 is 0 Å². The van der Waals surface area contributed by atoms with Crippen molar-refractivity contribution in [2.45, 2.75) is 6.42 Å². The van der Waals surface area contributed by atoms with Crippen LogP contribution in [0.2, 0.25) is 0 Å². The number of hydrogen-bond acceptors (Lipinski definition) is 7. The Hall–Kier alpha value is -2.48. The lowest BCUT2D eigenvalue weighted by molar-refractivity contribution is 0.281. The van der Waals surface area contributed by atoms with Crippen molar-refractivity contribution in [2.24, 2.45) is 0 Å². The Kier molecular flexibility index (Phi) is 9.16. The van der Waals surface area contributed by atoms with E-state index in [9.17, 15) is 0 Å². The summed E-state index contributed by atoms with van der Waals surface area (Å²) in [5.74, 6) is 0. The Bertz CT molecular complexity index is 614. The molecule has 0 unspecified atom stereocenters. The smallest absolute Gasteiger partial charge is 0.0606 e. The van der Waals surface area contributed by atoms with Crippen LogP contribution in [0.1, 0.15) is 5.56 Å². The molecule has 0 aliphatic rings. The molecule has 138 valence electrons. The van der Waals surface area contributed by atoms with Gasteiger partial charge in [0.05, 0.1) is 13.2 Å². The minimum atomic E-state index is 0.0738. The van der Waals surface area contributed by atoms with Gasteiger partial charge in [-0.25, -0.2) is 0 Å². The summed E-state index contributed by atoms with van der Waals surface area (Å²) in [7, 11) is 0. The number of nitrogens with zero attached hydrogens (tertiary/aromatic N) is 1. The van der Waals surface area contributed by atoms with Crippen molar-refractivity contribution >= 4 is 22.7 Å². The molecule has 0 aliphatic carbocycles. The summed E-state index contributed by atoms with van der Waals surface area (Å²) in [5.41, 5.74) is 20.6. The molecule has 0 aromatic heterocycles. The second kappa shape index (κ2) is 11.1. The number of aliphatic hydroxyl groups is 3. The Morgan fingerprint density at radius 1 is 0.720 bits per heavy atom. The van der Waals surface area contributed by atoms with Crippen LogP contribution in [-0.4, -0.2) is 48.2 Å². The summed E-state index contributed by atoms with van der Waals surface area (Å²) in [4.78, 5) is 1.90. The monoisotopic (exact) mass is 348 g/mol. The van der Waals surface area contributed by atoms with Gasteiger partial charge in [-0.1, -0.05) is 0 Å². The number of rotatable bonds is 7. The van der Waals surface area contributed by atoms with Crippen molar-refractivity contribution in [1.82, 2.24) is 0 Å². The summed E-state index contributed by atoms with van der Waals surface area (Å²) in [6, 6.07) is 12.6. The Labute approximate surface area is 148 Å². The molecule has 0 bridgehead atoms. The van der Waals surface area contributed by atoms with E-state index in [1.807, 2.05) is 17.0 Å². The van der Waals surface area contributed by atoms with E-state index in [1.165, 1.54) is 0 Å². The van der Waals surface area contributed by atoms with Crippen molar-refractivity contribution in [1.29, 1.82) is 0 Å². The maximum absolute atomic E-state index is 8.83. The first kappa shape index (κ1) is 20.6. The normalized spacial score (nSPS) is 10.0. The lowest BCUT2D eigenvalue weighted by Gasteiger charge is -2.22. The second-order valence-corrected chi connectivity index (χ2v) is 5.46. The van der Waals surface area contributed by atoms with Gasteiger partial charge >= 0.3 is 0 Å². The van der Waals surface area contributed by atoms with Gasteiger partial charge in [-0.05, 0) is 54.4 Å². The van der Waals surface area contributed by atoms with E-state index in [-0.39, 0.29) is 19.8 Å². The van der Waals surface area contributed by atoms with Gasteiger partial charge in [0.25, 0.3) is 0 Å². The molecule has 0 amide bonds. The molecule has 0 aliphatic heterocycles. The zero-order valence-corrected chi connectivity index (χ0v) is 14.3. The van der Waals surface area contributed by atoms with Crippen LogP contribution >= 0.6 is 0 Å². The molecule has 0 heterocycles. The van der Waals surface area contributed by atoms with Crippen LogP contribution in [0.15, 0.2) is 42.5 Å². The molecule has 2 aromatic carbocycles. The summed E-state index contributed by atoms with van der Waals surface area (Å²) >= 11 is 0. The fourth-order valence-corrected chi connectivity index (χ4v) is 2.26. The summed E-state index contributed by atoms with van der Waals surface area (Å²) in [6.45, 7) is 1.29. The first-order chi connectivity index (χ1) is 12.0. The minimum Gasteiger partial charge on any atom is -0.399 e. The number of hydrogen-bond donors (Lipinski definition) is 6. The molecule has 0 spiro atoms. The van der Waals surface area contributed by atoms with Crippen LogP contribution in [-0.2, 0) is 6.42 Å². The molecule has 25 heavy (non-hydrogen) atoms. The van der Waals surface area contributed by atoms with Gasteiger partial charge in [0.15, 0.2) is 0 Å². The zero-order chi connectivity index (χ0) is 18.7. The second-order valence-electron chi connectivity index (χ2n) is 5.46. The number of anilines is 4. The van der Waals surface area contributed by atoms with Gasteiger partial charge in [0.1, 0.15) is 0 Å². The predicted molar refractivity (Wildman–Crippen MR) is 103 cm³/mol. The van der Waals surface area contributed by atoms with Crippen molar-refractivity contribution < 1.29 is 15.3 Å². The third kappa shape index (κ3) is 7.30. The van der Waals surface area contributed by atoms with E-state index in [4.69, 9.17) is 32.5 Å². The standard InChI is InChI=1S/C10H16N2O2.C8H12N2O/c11-9-1-3-10(4-2-9)12(5-7-13)6-8-14;9-7-1-2-8(10)6(5-7)3-4-11/h1-4,13-14H,5-8,11H2;1-2,5,11H,3-4,9-10H2. The number of benzene rings is 2. The molecule has 7 nitrogen and oxygen atoms in total. The summed E-state index contributed by atoms with van der Waals surface area (Å²) < 4.78 is 0. The van der Waals surface area contributed by atoms with Crippen LogP contribution < -0.4 is 22.1 Å². The minimum absolute atomic E-state index is 0.0738. The Morgan fingerprint density at radius 3 is 1.80 bits per heavy atom. The largest absolute Gasteiger partial charge is 0.399 e. The van der Waals surface area contributed by atoms with E-state index in [0.29, 0.717) is 36.6 Å². The number of nitrogens with two attached hydrogens (primary N) is 3. The number of nitrogen functional groups attached to an aromatic ring is 3. The SMILES string of the molecule is Nc1ccc(N(CCO)CCO)cc1.Nc1ccc(N)c(CCO)c1. The van der Waals surface area contributed by atoms with Crippen LogP contribution in [0.5, 0.6) is 0 Å². The molecule has 0 radical (unpaired) electrons. The van der Waals surface area contributed by atoms with Crippen molar-refractivity contribution in [3.8, 4) is 0 Å². The van der Waals surface area contributed by atoms with Gasteiger partial charge in [-0.15, -0.1) is 0 Å². The quantitative estimate of drug-likeness (QED) is 0.399. The molecule has 7 heteroatoms. The molecule has 0 fully saturated rings. The highest BCUT2D eigenvalue weighted by atomic mass is 16.3. The Morgan fingerprint density at radius 2 is 1.28 bits per heavy atom. The Balaban J connectivity index is 0.000000257. The van der Waals surface area contributed by atoms with Crippen LogP contribution in [0, 0.1) is 0 Å². The third-order valence-electron chi connectivity index (χ3n) is 3.55. The van der Waals surface area contributed by atoms with Gasteiger partial charge in [-0.3, -0.25) is 0 Å². The highest BCUT2D eigenvalue weighted by Crippen LogP contribution is 2.16. The summed E-state index contributed by atoms with van der Waals surface area (Å²) in [5, 5.41) is 26.3. The van der Waals surface area contributed by atoms with Crippen molar-refractivity contribution in [2.75, 3.05) is 55.0 Å². The molecule has 9 N–H and O–H groups in total. The lowest BCUT2D eigenvalue weighted by Crippen LogP contribution is -2.29. The van der Waals surface area contributed by atoms with Crippen LogP contribution in [0.4, 0.5) is 22.7 Å². The zero-order valence-electron chi connectivity index (χ0n) is 14.3. The molecule has 2 aromatic rings. The van der Waals surface area contributed by atoms with Crippen LogP contribution in [0.3, 0.4) is 0 Å². The van der Waals surface area contributed by atoms with Crippen molar-refractivity contribution in [3.05, 3.63) is 48.0 Å². The van der Waals surface area contributed by atoms with E-state index in [0.717, 1.165) is 11.3 Å². The highest BCUT2D eigenvalue weighted by molar-refractivity contribution is 5.55. The van der Waals surface area contributed by atoms with Gasteiger partial charge in [0, 0.05) is 42.4 Å². The first-order valence-electron chi connectivity index (χ1n) is 8.08. The maximum atomic E-state index is 8.83. The topological polar surface area (TPSA) is 142 Å². The molecule has 2 rings (SSSR count). The van der Waals surface area contributed by atoms with E-state index in [1.54, 1.807) is 30.3 Å². The summed E-state index contributed by atoms with van der Waals surface area (Å²) in [6.07, 6.45) is 0.566. The van der Waals surface area contributed by atoms with Crippen molar-refractivity contribution in [3.63, 3.8) is 0 Å². The fraction of sp³-hybridized carbons (Fsp3) is 0.333.